The number of aromatic nitrogens is 1. The van der Waals surface area contributed by atoms with Crippen LogP contribution in [0.3, 0.4) is 0 Å². The lowest BCUT2D eigenvalue weighted by molar-refractivity contribution is 0.0963. The molecule has 0 saturated carbocycles. The van der Waals surface area contributed by atoms with Crippen molar-refractivity contribution in [3.05, 3.63) is 59.9 Å². The Hall–Kier alpha value is -2.21. The van der Waals surface area contributed by atoms with Gasteiger partial charge in [0.1, 0.15) is 0 Å². The zero-order valence-electron chi connectivity index (χ0n) is 9.78. The summed E-state index contributed by atoms with van der Waals surface area (Å²) in [5, 5.41) is 1.36. The van der Waals surface area contributed by atoms with Gasteiger partial charge >= 0.3 is 0 Å². The van der Waals surface area contributed by atoms with Crippen LogP contribution < -0.4 is 5.32 Å². The summed E-state index contributed by atoms with van der Waals surface area (Å²) in [4.78, 5) is 15.9. The number of rotatable bonds is 2. The SMILES string of the molecule is O=C1NC(S(=O)(=O)c2ccccc2)c2ncccc21. The van der Waals surface area contributed by atoms with Gasteiger partial charge in [-0.2, -0.15) is 0 Å². The number of nitrogens with zero attached hydrogens (tertiary/aromatic N) is 1. The molecule has 0 aliphatic carbocycles. The lowest BCUT2D eigenvalue weighted by atomic mass is 10.2. The average Bonchev–Trinajstić information content (AvgIpc) is 2.79. The third kappa shape index (κ3) is 1.80. The summed E-state index contributed by atoms with van der Waals surface area (Å²) < 4.78 is 25.0. The van der Waals surface area contributed by atoms with E-state index in [-0.39, 0.29) is 10.6 Å². The van der Waals surface area contributed by atoms with Crippen molar-refractivity contribution in [2.45, 2.75) is 10.3 Å². The van der Waals surface area contributed by atoms with Gasteiger partial charge < -0.3 is 5.32 Å². The third-order valence-electron chi connectivity index (χ3n) is 2.98. The molecule has 0 spiro atoms. The highest BCUT2D eigenvalue weighted by atomic mass is 32.2. The first kappa shape index (κ1) is 11.9. The first-order valence-electron chi connectivity index (χ1n) is 5.65. The molecule has 1 amide bonds. The molecule has 1 unspecified atom stereocenters. The van der Waals surface area contributed by atoms with Gasteiger partial charge in [0.05, 0.1) is 16.2 Å². The predicted molar refractivity (Wildman–Crippen MR) is 68.1 cm³/mol. The van der Waals surface area contributed by atoms with Gasteiger partial charge in [0.2, 0.25) is 9.84 Å². The summed E-state index contributed by atoms with van der Waals surface area (Å²) >= 11 is 0. The second kappa shape index (κ2) is 4.17. The zero-order valence-corrected chi connectivity index (χ0v) is 10.6. The molecule has 3 rings (SSSR count). The zero-order chi connectivity index (χ0) is 13.5. The number of amides is 1. The Bertz CT molecular complexity index is 741. The van der Waals surface area contributed by atoms with Gasteiger partial charge in [0.25, 0.3) is 5.91 Å². The Balaban J connectivity index is 2.13. The lowest BCUT2D eigenvalue weighted by Gasteiger charge is -2.12. The fourth-order valence-electron chi connectivity index (χ4n) is 2.05. The molecule has 1 atom stereocenters. The molecular formula is C13H10N2O3S. The molecule has 2 heterocycles. The molecule has 0 radical (unpaired) electrons. The molecule has 2 aromatic rings. The van der Waals surface area contributed by atoms with E-state index in [2.05, 4.69) is 10.3 Å². The van der Waals surface area contributed by atoms with E-state index in [1.54, 1.807) is 30.3 Å². The number of carbonyl (C=O) groups is 1. The lowest BCUT2D eigenvalue weighted by Crippen LogP contribution is -2.26. The maximum atomic E-state index is 12.5. The minimum absolute atomic E-state index is 0.166. The van der Waals surface area contributed by atoms with Gasteiger partial charge in [0, 0.05) is 6.20 Å². The summed E-state index contributed by atoms with van der Waals surface area (Å²) in [6.45, 7) is 0. The second-order valence-corrected chi connectivity index (χ2v) is 6.18. The van der Waals surface area contributed by atoms with Crippen LogP contribution in [0.5, 0.6) is 0 Å². The topological polar surface area (TPSA) is 76.1 Å². The van der Waals surface area contributed by atoms with Gasteiger partial charge in [-0.3, -0.25) is 9.78 Å². The van der Waals surface area contributed by atoms with Crippen LogP contribution >= 0.6 is 0 Å². The minimum atomic E-state index is -3.68. The molecule has 0 bridgehead atoms. The summed E-state index contributed by atoms with van der Waals surface area (Å²) in [6.07, 6.45) is 1.48. The predicted octanol–water partition coefficient (Wildman–Crippen LogP) is 1.30. The van der Waals surface area contributed by atoms with E-state index in [1.165, 1.54) is 18.3 Å². The van der Waals surface area contributed by atoms with Gasteiger partial charge in [-0.1, -0.05) is 18.2 Å². The molecule has 1 aromatic carbocycles. The van der Waals surface area contributed by atoms with Crippen LogP contribution in [-0.2, 0) is 9.84 Å². The van der Waals surface area contributed by atoms with Crippen LogP contribution in [0.1, 0.15) is 21.4 Å². The molecule has 0 fully saturated rings. The fourth-order valence-corrected chi connectivity index (χ4v) is 3.61. The quantitative estimate of drug-likeness (QED) is 0.895. The molecule has 96 valence electrons. The van der Waals surface area contributed by atoms with E-state index in [4.69, 9.17) is 0 Å². The molecule has 0 saturated heterocycles. The highest BCUT2D eigenvalue weighted by Gasteiger charge is 2.39. The van der Waals surface area contributed by atoms with Crippen molar-refractivity contribution < 1.29 is 13.2 Å². The van der Waals surface area contributed by atoms with Crippen LogP contribution in [0.25, 0.3) is 0 Å². The number of benzene rings is 1. The van der Waals surface area contributed by atoms with Crippen LogP contribution in [-0.4, -0.2) is 19.3 Å². The van der Waals surface area contributed by atoms with E-state index in [0.29, 0.717) is 5.56 Å². The van der Waals surface area contributed by atoms with E-state index in [9.17, 15) is 13.2 Å². The first-order valence-corrected chi connectivity index (χ1v) is 7.20. The number of nitrogens with one attached hydrogen (secondary N) is 1. The number of hydrogen-bond donors (Lipinski definition) is 1. The van der Waals surface area contributed by atoms with Crippen molar-refractivity contribution >= 4 is 15.7 Å². The van der Waals surface area contributed by atoms with Gasteiger partial charge in [-0.05, 0) is 24.3 Å². The molecule has 6 heteroatoms. The fraction of sp³-hybridized carbons (Fsp3) is 0.0769. The number of sulfone groups is 1. The van der Waals surface area contributed by atoms with E-state index in [0.717, 1.165) is 0 Å². The van der Waals surface area contributed by atoms with Gasteiger partial charge in [0.15, 0.2) is 5.37 Å². The van der Waals surface area contributed by atoms with Gasteiger partial charge in [-0.15, -0.1) is 0 Å². The maximum absolute atomic E-state index is 12.5. The third-order valence-corrected chi connectivity index (χ3v) is 4.87. The Labute approximate surface area is 110 Å². The Kier molecular flexibility index (Phi) is 2.60. The van der Waals surface area contributed by atoms with Crippen LogP contribution in [0.4, 0.5) is 0 Å². The van der Waals surface area contributed by atoms with Crippen molar-refractivity contribution in [3.63, 3.8) is 0 Å². The van der Waals surface area contributed by atoms with Crippen molar-refractivity contribution in [2.75, 3.05) is 0 Å². The minimum Gasteiger partial charge on any atom is -0.330 e. The highest BCUT2D eigenvalue weighted by molar-refractivity contribution is 7.91. The number of pyridine rings is 1. The molecule has 1 aliphatic rings. The van der Waals surface area contributed by atoms with E-state index >= 15 is 0 Å². The van der Waals surface area contributed by atoms with Crippen LogP contribution in [0.2, 0.25) is 0 Å². The first-order chi connectivity index (χ1) is 9.10. The van der Waals surface area contributed by atoms with Crippen LogP contribution in [0.15, 0.2) is 53.6 Å². The maximum Gasteiger partial charge on any atom is 0.254 e. The second-order valence-electron chi connectivity index (χ2n) is 4.15. The standard InChI is InChI=1S/C13H10N2O3S/c16-12-10-7-4-8-14-11(10)13(15-12)19(17,18)9-5-2-1-3-6-9/h1-8,13H,(H,15,16). The molecule has 1 aliphatic heterocycles. The van der Waals surface area contributed by atoms with Crippen molar-refractivity contribution in [3.8, 4) is 0 Å². The molecular weight excluding hydrogens is 264 g/mol. The number of fused-ring (bicyclic) bond motifs is 1. The van der Waals surface area contributed by atoms with Crippen molar-refractivity contribution in [1.29, 1.82) is 0 Å². The van der Waals surface area contributed by atoms with Crippen molar-refractivity contribution in [2.24, 2.45) is 0 Å². The average molecular weight is 274 g/mol. The van der Waals surface area contributed by atoms with Crippen molar-refractivity contribution in [1.82, 2.24) is 10.3 Å². The summed E-state index contributed by atoms with van der Waals surface area (Å²) in [5.74, 6) is -0.410. The molecule has 5 nitrogen and oxygen atoms in total. The molecule has 19 heavy (non-hydrogen) atoms. The van der Waals surface area contributed by atoms with E-state index < -0.39 is 21.1 Å². The Morgan fingerprint density at radius 2 is 1.79 bits per heavy atom. The van der Waals surface area contributed by atoms with E-state index in [1.807, 2.05) is 0 Å². The summed E-state index contributed by atoms with van der Waals surface area (Å²) in [6, 6.07) is 11.2. The largest absolute Gasteiger partial charge is 0.330 e. The van der Waals surface area contributed by atoms with Gasteiger partial charge in [-0.25, -0.2) is 8.42 Å². The molecule has 1 aromatic heterocycles. The Morgan fingerprint density at radius 3 is 2.53 bits per heavy atom. The highest BCUT2D eigenvalue weighted by Crippen LogP contribution is 2.31. The summed E-state index contributed by atoms with van der Waals surface area (Å²) in [7, 11) is -3.68. The smallest absolute Gasteiger partial charge is 0.254 e. The Morgan fingerprint density at radius 1 is 1.05 bits per heavy atom. The molecule has 1 N–H and O–H groups in total. The van der Waals surface area contributed by atoms with Crippen LogP contribution in [0, 0.1) is 0 Å². The summed E-state index contributed by atoms with van der Waals surface area (Å²) in [5.41, 5.74) is 0.573. The number of carbonyl (C=O) groups excluding carboxylic acids is 1. The number of hydrogen-bond acceptors (Lipinski definition) is 4. The normalized spacial score (nSPS) is 17.9. The monoisotopic (exact) mass is 274 g/mol.